The summed E-state index contributed by atoms with van der Waals surface area (Å²) in [5.74, 6) is 0.317. The number of ether oxygens (including phenoxy) is 1. The van der Waals surface area contributed by atoms with E-state index in [2.05, 4.69) is 5.32 Å². The lowest BCUT2D eigenvalue weighted by atomic mass is 10.2. The molecule has 0 spiro atoms. The van der Waals surface area contributed by atoms with E-state index < -0.39 is 6.03 Å². The number of carbonyl (C=O) groups is 1. The predicted molar refractivity (Wildman–Crippen MR) is 38.6 cm³/mol. The number of nitrogens with two attached hydrogens (primary N) is 1. The maximum atomic E-state index is 10.2. The van der Waals surface area contributed by atoms with E-state index >= 15 is 0 Å². The zero-order valence-electron chi connectivity index (χ0n) is 6.39. The molecule has 0 aromatic rings. The number of hydrogen-bond acceptors (Lipinski definition) is 2. The van der Waals surface area contributed by atoms with Gasteiger partial charge in [-0.3, -0.25) is 0 Å². The second-order valence-electron chi connectivity index (χ2n) is 2.31. The summed E-state index contributed by atoms with van der Waals surface area (Å²) in [7, 11) is 1.63. The van der Waals surface area contributed by atoms with Gasteiger partial charge in [0.2, 0.25) is 0 Å². The number of rotatable bonds is 4. The molecule has 0 aliphatic heterocycles. The van der Waals surface area contributed by atoms with Crippen LogP contribution in [0.15, 0.2) is 0 Å². The van der Waals surface area contributed by atoms with Crippen LogP contribution in [0.5, 0.6) is 0 Å². The Bertz CT molecular complexity index is 106. The molecule has 0 radical (unpaired) electrons. The van der Waals surface area contributed by atoms with Crippen LogP contribution >= 0.6 is 0 Å². The van der Waals surface area contributed by atoms with E-state index in [9.17, 15) is 4.79 Å². The number of urea groups is 1. The summed E-state index contributed by atoms with van der Waals surface area (Å²) in [5.41, 5.74) is 4.85. The van der Waals surface area contributed by atoms with Gasteiger partial charge in [0.25, 0.3) is 0 Å². The average molecular weight is 146 g/mol. The van der Waals surface area contributed by atoms with E-state index in [1.54, 1.807) is 7.11 Å². The highest BCUT2D eigenvalue weighted by Crippen LogP contribution is 1.90. The fourth-order valence-electron chi connectivity index (χ4n) is 0.618. The van der Waals surface area contributed by atoms with Crippen molar-refractivity contribution < 1.29 is 9.53 Å². The van der Waals surface area contributed by atoms with E-state index in [1.165, 1.54) is 0 Å². The first kappa shape index (κ1) is 9.23. The molecule has 3 N–H and O–H groups in total. The summed E-state index contributed by atoms with van der Waals surface area (Å²) in [6.07, 6.45) is 0. The van der Waals surface area contributed by atoms with E-state index in [4.69, 9.17) is 10.5 Å². The summed E-state index contributed by atoms with van der Waals surface area (Å²) < 4.78 is 4.84. The molecule has 4 heteroatoms. The minimum Gasteiger partial charge on any atom is -0.384 e. The van der Waals surface area contributed by atoms with Crippen molar-refractivity contribution in [3.05, 3.63) is 0 Å². The van der Waals surface area contributed by atoms with E-state index in [-0.39, 0.29) is 0 Å². The van der Waals surface area contributed by atoms with Crippen molar-refractivity contribution in [2.24, 2.45) is 11.7 Å². The van der Waals surface area contributed by atoms with E-state index in [1.807, 2.05) is 6.92 Å². The topological polar surface area (TPSA) is 64.3 Å². The fourth-order valence-corrected chi connectivity index (χ4v) is 0.618. The molecule has 1 unspecified atom stereocenters. The molecule has 2 amide bonds. The van der Waals surface area contributed by atoms with Gasteiger partial charge < -0.3 is 15.8 Å². The van der Waals surface area contributed by atoms with Crippen LogP contribution in [-0.2, 0) is 4.74 Å². The van der Waals surface area contributed by atoms with Gasteiger partial charge in [0.1, 0.15) is 0 Å². The summed E-state index contributed by atoms with van der Waals surface area (Å²) >= 11 is 0. The van der Waals surface area contributed by atoms with Crippen molar-refractivity contribution in [1.29, 1.82) is 0 Å². The first-order valence-corrected chi connectivity index (χ1v) is 3.19. The molecule has 4 nitrogen and oxygen atoms in total. The largest absolute Gasteiger partial charge is 0.384 e. The molecule has 0 heterocycles. The van der Waals surface area contributed by atoms with Gasteiger partial charge in [-0.15, -0.1) is 0 Å². The lowest BCUT2D eigenvalue weighted by Crippen LogP contribution is -2.33. The number of hydrogen-bond donors (Lipinski definition) is 2. The van der Waals surface area contributed by atoms with Gasteiger partial charge in [-0.1, -0.05) is 6.92 Å². The van der Waals surface area contributed by atoms with Crippen LogP contribution in [0.4, 0.5) is 4.79 Å². The highest BCUT2D eigenvalue weighted by atomic mass is 16.5. The van der Waals surface area contributed by atoms with Crippen LogP contribution in [0.1, 0.15) is 6.92 Å². The first-order chi connectivity index (χ1) is 4.66. The Morgan fingerprint density at radius 3 is 2.80 bits per heavy atom. The average Bonchev–Trinajstić information content (AvgIpc) is 1.85. The molecule has 0 bridgehead atoms. The Hall–Kier alpha value is -0.770. The molecule has 0 aliphatic rings. The Balaban J connectivity index is 3.21. The number of nitrogens with one attached hydrogen (secondary N) is 1. The summed E-state index contributed by atoms with van der Waals surface area (Å²) in [4.78, 5) is 10.2. The van der Waals surface area contributed by atoms with E-state index in [0.717, 1.165) is 0 Å². The molecule has 0 saturated carbocycles. The van der Waals surface area contributed by atoms with Gasteiger partial charge in [-0.2, -0.15) is 0 Å². The molecular formula is C6H14N2O2. The van der Waals surface area contributed by atoms with E-state index in [0.29, 0.717) is 19.1 Å². The minimum atomic E-state index is -0.483. The quantitative estimate of drug-likeness (QED) is 0.583. The number of methoxy groups -OCH3 is 1. The highest BCUT2D eigenvalue weighted by molar-refractivity contribution is 5.71. The van der Waals surface area contributed by atoms with Gasteiger partial charge in [-0.25, -0.2) is 4.79 Å². The Labute approximate surface area is 60.7 Å². The third kappa shape index (κ3) is 5.37. The van der Waals surface area contributed by atoms with Crippen molar-refractivity contribution in [2.75, 3.05) is 20.3 Å². The van der Waals surface area contributed by atoms with Crippen LogP contribution in [0.2, 0.25) is 0 Å². The van der Waals surface area contributed by atoms with Gasteiger partial charge >= 0.3 is 6.03 Å². The van der Waals surface area contributed by atoms with Crippen LogP contribution < -0.4 is 11.1 Å². The fraction of sp³-hybridized carbons (Fsp3) is 0.833. The lowest BCUT2D eigenvalue weighted by Gasteiger charge is -2.08. The second kappa shape index (κ2) is 5.05. The van der Waals surface area contributed by atoms with Gasteiger partial charge in [0.05, 0.1) is 6.61 Å². The SMILES string of the molecule is COCC(C)CNC(N)=O. The summed E-state index contributed by atoms with van der Waals surface area (Å²) in [5, 5.41) is 2.49. The monoisotopic (exact) mass is 146 g/mol. The molecule has 0 aromatic carbocycles. The predicted octanol–water partition coefficient (Wildman–Crippen LogP) is -0.0628. The van der Waals surface area contributed by atoms with Gasteiger partial charge in [-0.05, 0) is 5.92 Å². The van der Waals surface area contributed by atoms with Crippen molar-refractivity contribution in [2.45, 2.75) is 6.92 Å². The van der Waals surface area contributed by atoms with Crippen LogP contribution in [0.25, 0.3) is 0 Å². The molecule has 10 heavy (non-hydrogen) atoms. The second-order valence-corrected chi connectivity index (χ2v) is 2.31. The minimum absolute atomic E-state index is 0.317. The maximum Gasteiger partial charge on any atom is 0.312 e. The molecule has 60 valence electrons. The molecule has 0 aliphatic carbocycles. The lowest BCUT2D eigenvalue weighted by molar-refractivity contribution is 0.159. The van der Waals surface area contributed by atoms with Gasteiger partial charge in [0.15, 0.2) is 0 Å². The number of carbonyl (C=O) groups excluding carboxylic acids is 1. The molecule has 0 fully saturated rings. The third-order valence-electron chi connectivity index (χ3n) is 1.08. The molecule has 1 atom stereocenters. The van der Waals surface area contributed by atoms with Crippen LogP contribution in [0, 0.1) is 5.92 Å². The zero-order valence-corrected chi connectivity index (χ0v) is 6.39. The van der Waals surface area contributed by atoms with Crippen LogP contribution in [0.3, 0.4) is 0 Å². The number of amides is 2. The van der Waals surface area contributed by atoms with Crippen molar-refractivity contribution in [1.82, 2.24) is 5.32 Å². The molecule has 0 rings (SSSR count). The summed E-state index contributed by atoms with van der Waals surface area (Å²) in [6, 6.07) is -0.483. The van der Waals surface area contributed by atoms with Crippen molar-refractivity contribution >= 4 is 6.03 Å². The van der Waals surface area contributed by atoms with Crippen molar-refractivity contribution in [3.8, 4) is 0 Å². The Kier molecular flexibility index (Phi) is 4.66. The molecule has 0 aromatic heterocycles. The normalized spacial score (nSPS) is 12.6. The smallest absolute Gasteiger partial charge is 0.312 e. The van der Waals surface area contributed by atoms with Gasteiger partial charge in [0, 0.05) is 13.7 Å². The number of primary amides is 1. The highest BCUT2D eigenvalue weighted by Gasteiger charge is 2.00. The first-order valence-electron chi connectivity index (χ1n) is 3.19. The zero-order chi connectivity index (χ0) is 7.98. The third-order valence-corrected chi connectivity index (χ3v) is 1.08. The Morgan fingerprint density at radius 1 is 1.80 bits per heavy atom. The standard InChI is InChI=1S/C6H14N2O2/c1-5(4-10-2)3-8-6(7)9/h5H,3-4H2,1-2H3,(H3,7,8,9). The van der Waals surface area contributed by atoms with Crippen LogP contribution in [-0.4, -0.2) is 26.3 Å². The molecular weight excluding hydrogens is 132 g/mol. The Morgan fingerprint density at radius 2 is 2.40 bits per heavy atom. The summed E-state index contributed by atoms with van der Waals surface area (Å²) in [6.45, 7) is 3.18. The maximum absolute atomic E-state index is 10.2. The van der Waals surface area contributed by atoms with Crippen molar-refractivity contribution in [3.63, 3.8) is 0 Å². The molecule has 0 saturated heterocycles.